The van der Waals surface area contributed by atoms with E-state index < -0.39 is 0 Å². The number of nitrogens with one attached hydrogen (secondary N) is 2. The van der Waals surface area contributed by atoms with Crippen molar-refractivity contribution < 1.29 is 5.11 Å². The van der Waals surface area contributed by atoms with Gasteiger partial charge in [-0.3, -0.25) is 9.36 Å². The minimum absolute atomic E-state index is 0.00841. The van der Waals surface area contributed by atoms with Gasteiger partial charge in [-0.2, -0.15) is 4.98 Å². The van der Waals surface area contributed by atoms with Crippen LogP contribution in [-0.2, 0) is 0 Å². The van der Waals surface area contributed by atoms with Crippen molar-refractivity contribution in [2.75, 3.05) is 42.9 Å². The van der Waals surface area contributed by atoms with Gasteiger partial charge in [-0.1, -0.05) is 19.4 Å². The van der Waals surface area contributed by atoms with Gasteiger partial charge in [-0.05, 0) is 49.6 Å². The monoisotopic (exact) mass is 450 g/mol. The predicted molar refractivity (Wildman–Crippen MR) is 133 cm³/mol. The second kappa shape index (κ2) is 9.65. The molecule has 2 fully saturated rings. The van der Waals surface area contributed by atoms with Crippen LogP contribution in [0.4, 0.5) is 11.6 Å². The van der Waals surface area contributed by atoms with Gasteiger partial charge in [0.05, 0.1) is 11.5 Å². The van der Waals surface area contributed by atoms with Crippen LogP contribution in [0.5, 0.6) is 0 Å². The predicted octanol–water partition coefficient (Wildman–Crippen LogP) is 3.04. The molecule has 2 aromatic heterocycles. The molecule has 1 saturated heterocycles. The van der Waals surface area contributed by atoms with E-state index in [1.807, 2.05) is 16.8 Å². The van der Waals surface area contributed by atoms with Crippen LogP contribution in [0.15, 0.2) is 29.2 Å². The fourth-order valence-corrected chi connectivity index (χ4v) is 5.15. The number of aliphatic hydroxyl groups excluding tert-OH is 1. The Morgan fingerprint density at radius 2 is 1.91 bits per heavy atom. The summed E-state index contributed by atoms with van der Waals surface area (Å²) in [6.07, 6.45) is 6.70. The van der Waals surface area contributed by atoms with E-state index in [9.17, 15) is 9.90 Å². The van der Waals surface area contributed by atoms with Crippen LogP contribution < -0.4 is 21.1 Å². The third-order valence-corrected chi connectivity index (χ3v) is 7.07. The molecular formula is C25H34N6O2. The van der Waals surface area contributed by atoms with Crippen LogP contribution in [0.25, 0.3) is 21.8 Å². The van der Waals surface area contributed by atoms with Gasteiger partial charge < -0.3 is 20.6 Å². The van der Waals surface area contributed by atoms with Crippen molar-refractivity contribution in [3.8, 4) is 0 Å². The van der Waals surface area contributed by atoms with Crippen molar-refractivity contribution >= 4 is 33.4 Å². The fourth-order valence-electron chi connectivity index (χ4n) is 5.15. The van der Waals surface area contributed by atoms with Gasteiger partial charge in [0, 0.05) is 56.0 Å². The molecule has 0 bridgehead atoms. The molecule has 176 valence electrons. The van der Waals surface area contributed by atoms with E-state index in [0.717, 1.165) is 80.3 Å². The second-order valence-electron chi connectivity index (χ2n) is 9.32. The summed E-state index contributed by atoms with van der Waals surface area (Å²) in [6, 6.07) is 6.25. The van der Waals surface area contributed by atoms with E-state index >= 15 is 0 Å². The third kappa shape index (κ3) is 4.42. The summed E-state index contributed by atoms with van der Waals surface area (Å²) in [5.74, 6) is 0.566. The molecule has 0 atom stereocenters. The lowest BCUT2D eigenvalue weighted by molar-refractivity contribution is 0.111. The molecular weight excluding hydrogens is 416 g/mol. The van der Waals surface area contributed by atoms with Crippen molar-refractivity contribution in [3.63, 3.8) is 0 Å². The van der Waals surface area contributed by atoms with Gasteiger partial charge in [0.25, 0.3) is 5.56 Å². The number of piperazine rings is 1. The van der Waals surface area contributed by atoms with E-state index in [2.05, 4.69) is 39.6 Å². The van der Waals surface area contributed by atoms with Crippen LogP contribution >= 0.6 is 0 Å². The second-order valence-corrected chi connectivity index (χ2v) is 9.32. The number of hydrogen-bond donors (Lipinski definition) is 3. The van der Waals surface area contributed by atoms with Gasteiger partial charge in [0.1, 0.15) is 5.65 Å². The molecule has 0 radical (unpaired) electrons. The summed E-state index contributed by atoms with van der Waals surface area (Å²) in [6.45, 7) is 6.73. The Bertz CT molecular complexity index is 1180. The van der Waals surface area contributed by atoms with Crippen LogP contribution in [0, 0.1) is 0 Å². The van der Waals surface area contributed by atoms with Crippen LogP contribution in [-0.4, -0.2) is 58.5 Å². The first-order valence-corrected chi connectivity index (χ1v) is 12.4. The van der Waals surface area contributed by atoms with E-state index in [1.54, 1.807) is 0 Å². The third-order valence-electron chi connectivity index (χ3n) is 7.07. The average Bonchev–Trinajstić information content (AvgIpc) is 2.86. The van der Waals surface area contributed by atoms with Crippen LogP contribution in [0.3, 0.4) is 0 Å². The SMILES string of the molecule is CCCCNc1ncc2c3ccc(N4CCNCC4)cc3c(=O)n(C3CCC(O)CC3)c2n1. The Kier molecular flexibility index (Phi) is 6.46. The van der Waals surface area contributed by atoms with E-state index in [-0.39, 0.29) is 17.7 Å². The zero-order valence-corrected chi connectivity index (χ0v) is 19.4. The van der Waals surface area contributed by atoms with Gasteiger partial charge in [-0.25, -0.2) is 4.98 Å². The molecule has 1 aliphatic heterocycles. The zero-order valence-electron chi connectivity index (χ0n) is 19.4. The molecule has 2 aliphatic rings. The first kappa shape index (κ1) is 22.1. The Hall–Kier alpha value is -2.71. The summed E-state index contributed by atoms with van der Waals surface area (Å²) in [5, 5.41) is 19.3. The molecule has 8 heteroatoms. The molecule has 3 heterocycles. The van der Waals surface area contributed by atoms with Crippen molar-refractivity contribution in [1.82, 2.24) is 19.9 Å². The fraction of sp³-hybridized carbons (Fsp3) is 0.560. The topological polar surface area (TPSA) is 95.3 Å². The van der Waals surface area contributed by atoms with Gasteiger partial charge >= 0.3 is 0 Å². The first-order valence-electron chi connectivity index (χ1n) is 12.4. The molecule has 33 heavy (non-hydrogen) atoms. The van der Waals surface area contributed by atoms with Gasteiger partial charge in [0.15, 0.2) is 0 Å². The maximum atomic E-state index is 13.9. The van der Waals surface area contributed by atoms with Crippen molar-refractivity contribution in [2.45, 2.75) is 57.6 Å². The number of anilines is 2. The Balaban J connectivity index is 1.65. The number of aromatic nitrogens is 3. The molecule has 3 N–H and O–H groups in total. The smallest absolute Gasteiger partial charge is 0.260 e. The summed E-state index contributed by atoms with van der Waals surface area (Å²) in [4.78, 5) is 25.6. The number of benzene rings is 1. The van der Waals surface area contributed by atoms with Gasteiger partial charge in [-0.15, -0.1) is 0 Å². The summed E-state index contributed by atoms with van der Waals surface area (Å²) in [7, 11) is 0. The van der Waals surface area contributed by atoms with E-state index in [4.69, 9.17) is 4.98 Å². The largest absolute Gasteiger partial charge is 0.393 e. The van der Waals surface area contributed by atoms with Crippen molar-refractivity contribution in [2.24, 2.45) is 0 Å². The quantitative estimate of drug-likeness (QED) is 0.392. The Morgan fingerprint density at radius 1 is 1.12 bits per heavy atom. The average molecular weight is 451 g/mol. The van der Waals surface area contributed by atoms with Crippen molar-refractivity contribution in [1.29, 1.82) is 0 Å². The first-order chi connectivity index (χ1) is 16.2. The van der Waals surface area contributed by atoms with Crippen LogP contribution in [0.1, 0.15) is 51.5 Å². The lowest BCUT2D eigenvalue weighted by Crippen LogP contribution is -2.43. The molecule has 0 unspecified atom stereocenters. The number of pyridine rings is 1. The molecule has 0 spiro atoms. The molecule has 8 nitrogen and oxygen atoms in total. The Labute approximate surface area is 194 Å². The molecule has 5 rings (SSSR count). The summed E-state index contributed by atoms with van der Waals surface area (Å²) >= 11 is 0. The number of nitrogens with zero attached hydrogens (tertiary/aromatic N) is 4. The standard InChI is InChI=1S/C25H34N6O2/c1-2-3-10-27-25-28-16-22-20-9-6-18(30-13-11-26-12-14-30)15-21(20)24(33)31(23(22)29-25)17-4-7-19(32)8-5-17/h6,9,15-17,19,26,32H,2-5,7-8,10-14H2,1H3,(H,27,28,29). The maximum Gasteiger partial charge on any atom is 0.260 e. The number of aliphatic hydroxyl groups is 1. The Morgan fingerprint density at radius 3 is 2.67 bits per heavy atom. The lowest BCUT2D eigenvalue weighted by Gasteiger charge is -2.30. The van der Waals surface area contributed by atoms with Crippen LogP contribution in [0.2, 0.25) is 0 Å². The molecule has 1 aromatic carbocycles. The maximum absolute atomic E-state index is 13.9. The zero-order chi connectivity index (χ0) is 22.8. The lowest BCUT2D eigenvalue weighted by atomic mass is 9.92. The van der Waals surface area contributed by atoms with E-state index in [0.29, 0.717) is 24.4 Å². The molecule has 1 saturated carbocycles. The highest BCUT2D eigenvalue weighted by atomic mass is 16.3. The highest BCUT2D eigenvalue weighted by Crippen LogP contribution is 2.33. The minimum atomic E-state index is -0.274. The number of unbranched alkanes of at least 4 members (excludes halogenated alkanes) is 1. The molecule has 1 aliphatic carbocycles. The number of hydrogen-bond acceptors (Lipinski definition) is 7. The minimum Gasteiger partial charge on any atom is -0.393 e. The summed E-state index contributed by atoms with van der Waals surface area (Å²) in [5.41, 5.74) is 1.79. The van der Waals surface area contributed by atoms with Gasteiger partial charge in [0.2, 0.25) is 5.95 Å². The highest BCUT2D eigenvalue weighted by Gasteiger charge is 2.25. The summed E-state index contributed by atoms with van der Waals surface area (Å²) < 4.78 is 1.89. The number of fused-ring (bicyclic) bond motifs is 3. The molecule has 0 amide bonds. The van der Waals surface area contributed by atoms with E-state index in [1.165, 1.54) is 0 Å². The number of rotatable bonds is 6. The highest BCUT2D eigenvalue weighted by molar-refractivity contribution is 6.05. The van der Waals surface area contributed by atoms with Crippen molar-refractivity contribution in [3.05, 3.63) is 34.7 Å². The molecule has 3 aromatic rings. The normalized spacial score (nSPS) is 21.6.